The molecule has 2 heterocycles. The Balaban J connectivity index is 1.59. The van der Waals surface area contributed by atoms with Crippen molar-refractivity contribution in [1.82, 2.24) is 0 Å². The number of carbonyl (C=O) groups is 1. The van der Waals surface area contributed by atoms with Crippen LogP contribution in [0.25, 0.3) is 0 Å². The van der Waals surface area contributed by atoms with E-state index in [1.54, 1.807) is 23.1 Å². The normalized spacial score (nSPS) is 15.7. The van der Waals surface area contributed by atoms with Gasteiger partial charge in [0, 0.05) is 30.4 Å². The maximum atomic E-state index is 12.8. The van der Waals surface area contributed by atoms with Crippen molar-refractivity contribution in [3.05, 3.63) is 42.0 Å². The van der Waals surface area contributed by atoms with Crippen LogP contribution >= 0.6 is 0 Å². The molecule has 8 heteroatoms. The quantitative estimate of drug-likeness (QED) is 0.850. The molecule has 0 atom stereocenters. The van der Waals surface area contributed by atoms with Crippen molar-refractivity contribution in [3.8, 4) is 11.5 Å². The number of fused-ring (bicyclic) bond motifs is 2. The van der Waals surface area contributed by atoms with Gasteiger partial charge in [-0.2, -0.15) is 0 Å². The maximum Gasteiger partial charge on any atom is 0.262 e. The van der Waals surface area contributed by atoms with Crippen LogP contribution < -0.4 is 19.1 Å². The molecular weight excluding hydrogens is 380 g/mol. The highest BCUT2D eigenvalue weighted by Crippen LogP contribution is 2.34. The lowest BCUT2D eigenvalue weighted by atomic mass is 10.0. The number of ether oxygens (including phenoxy) is 2. The molecule has 2 aliphatic rings. The molecule has 0 radical (unpaired) electrons. The highest BCUT2D eigenvalue weighted by Gasteiger charge is 2.23. The van der Waals surface area contributed by atoms with E-state index in [9.17, 15) is 13.2 Å². The van der Waals surface area contributed by atoms with E-state index in [0.717, 1.165) is 24.1 Å². The van der Waals surface area contributed by atoms with Crippen LogP contribution in [0.2, 0.25) is 0 Å². The number of aryl methyl sites for hydroxylation is 1. The number of sulfonamides is 1. The molecule has 0 bridgehead atoms. The minimum atomic E-state index is -3.77. The molecular formula is C20H22N2O5S. The smallest absolute Gasteiger partial charge is 0.262 e. The third-order valence-corrected chi connectivity index (χ3v) is 6.26. The summed E-state index contributed by atoms with van der Waals surface area (Å²) < 4.78 is 39.1. The van der Waals surface area contributed by atoms with E-state index in [-0.39, 0.29) is 10.8 Å². The van der Waals surface area contributed by atoms with E-state index >= 15 is 0 Å². The lowest BCUT2D eigenvalue weighted by molar-refractivity contribution is -0.118. The Kier molecular flexibility index (Phi) is 4.89. The summed E-state index contributed by atoms with van der Waals surface area (Å²) in [7, 11) is -3.77. The summed E-state index contributed by atoms with van der Waals surface area (Å²) in [6, 6.07) is 9.87. The molecule has 4 rings (SSSR count). The Hall–Kier alpha value is -2.74. The molecule has 0 unspecified atom stereocenters. The van der Waals surface area contributed by atoms with Gasteiger partial charge in [0.1, 0.15) is 13.2 Å². The van der Waals surface area contributed by atoms with E-state index in [4.69, 9.17) is 9.47 Å². The highest BCUT2D eigenvalue weighted by molar-refractivity contribution is 7.92. The molecule has 1 N–H and O–H groups in total. The van der Waals surface area contributed by atoms with Gasteiger partial charge in [-0.3, -0.25) is 9.52 Å². The lowest BCUT2D eigenvalue weighted by Gasteiger charge is -2.29. The first-order chi connectivity index (χ1) is 13.5. The number of benzene rings is 2. The van der Waals surface area contributed by atoms with Crippen molar-refractivity contribution in [3.63, 3.8) is 0 Å². The van der Waals surface area contributed by atoms with E-state index < -0.39 is 10.0 Å². The molecule has 7 nitrogen and oxygen atoms in total. The van der Waals surface area contributed by atoms with Gasteiger partial charge in [0.2, 0.25) is 5.91 Å². The SMILES string of the molecule is CCC(=O)N1CCCc2cc(NS(=O)(=O)c3ccc4c(c3)OCCO4)ccc21. The van der Waals surface area contributed by atoms with Gasteiger partial charge in [0.15, 0.2) is 11.5 Å². The Morgan fingerprint density at radius 1 is 1.11 bits per heavy atom. The molecule has 0 aromatic heterocycles. The second kappa shape index (κ2) is 7.35. The minimum absolute atomic E-state index is 0.0746. The first kappa shape index (κ1) is 18.6. The molecule has 2 aromatic rings. The van der Waals surface area contributed by atoms with Gasteiger partial charge in [-0.1, -0.05) is 6.92 Å². The van der Waals surface area contributed by atoms with Gasteiger partial charge in [-0.15, -0.1) is 0 Å². The maximum absolute atomic E-state index is 12.8. The summed E-state index contributed by atoms with van der Waals surface area (Å²) in [5.74, 6) is 1.04. The number of anilines is 2. The lowest BCUT2D eigenvalue weighted by Crippen LogP contribution is -2.34. The molecule has 2 aromatic carbocycles. The van der Waals surface area contributed by atoms with Crippen molar-refractivity contribution >= 4 is 27.3 Å². The zero-order chi connectivity index (χ0) is 19.7. The number of carbonyl (C=O) groups excluding carboxylic acids is 1. The fourth-order valence-electron chi connectivity index (χ4n) is 3.52. The van der Waals surface area contributed by atoms with Crippen molar-refractivity contribution in [2.45, 2.75) is 31.1 Å². The second-order valence-corrected chi connectivity index (χ2v) is 8.44. The predicted molar refractivity (Wildman–Crippen MR) is 106 cm³/mol. The van der Waals surface area contributed by atoms with Gasteiger partial charge >= 0.3 is 0 Å². The third-order valence-electron chi connectivity index (χ3n) is 4.88. The topological polar surface area (TPSA) is 84.9 Å². The van der Waals surface area contributed by atoms with Gasteiger partial charge in [-0.05, 0) is 48.7 Å². The molecule has 0 aliphatic carbocycles. The van der Waals surface area contributed by atoms with Crippen LogP contribution in [0.1, 0.15) is 25.3 Å². The van der Waals surface area contributed by atoms with Crippen LogP contribution in [0, 0.1) is 0 Å². The Bertz CT molecular complexity index is 1020. The molecule has 0 saturated heterocycles. The van der Waals surface area contributed by atoms with Crippen molar-refractivity contribution < 1.29 is 22.7 Å². The van der Waals surface area contributed by atoms with Gasteiger partial charge in [0.05, 0.1) is 4.90 Å². The molecule has 0 fully saturated rings. The van der Waals surface area contributed by atoms with Gasteiger partial charge in [-0.25, -0.2) is 8.42 Å². The largest absolute Gasteiger partial charge is 0.486 e. The van der Waals surface area contributed by atoms with Gasteiger partial charge < -0.3 is 14.4 Å². The van der Waals surface area contributed by atoms with E-state index in [0.29, 0.717) is 43.4 Å². The summed E-state index contributed by atoms with van der Waals surface area (Å²) in [6.07, 6.45) is 2.11. The highest BCUT2D eigenvalue weighted by atomic mass is 32.2. The standard InChI is InChI=1S/C20H22N2O5S/c1-2-20(23)22-9-3-4-14-12-15(5-7-17(14)22)21-28(24,25)16-6-8-18-19(13-16)27-11-10-26-18/h5-8,12-13,21H,2-4,9-11H2,1H3. The third kappa shape index (κ3) is 3.52. The van der Waals surface area contributed by atoms with E-state index in [1.165, 1.54) is 12.1 Å². The van der Waals surface area contributed by atoms with Crippen LogP contribution in [0.5, 0.6) is 11.5 Å². The van der Waals surface area contributed by atoms with Crippen molar-refractivity contribution in [2.24, 2.45) is 0 Å². The molecule has 28 heavy (non-hydrogen) atoms. The number of hydrogen-bond donors (Lipinski definition) is 1. The number of nitrogens with one attached hydrogen (secondary N) is 1. The molecule has 148 valence electrons. The number of rotatable bonds is 4. The van der Waals surface area contributed by atoms with Crippen LogP contribution in [-0.2, 0) is 21.2 Å². The minimum Gasteiger partial charge on any atom is -0.486 e. The number of nitrogens with zero attached hydrogens (tertiary/aromatic N) is 1. The Labute approximate surface area is 164 Å². The molecule has 0 saturated carbocycles. The summed E-state index contributed by atoms with van der Waals surface area (Å²) in [5.41, 5.74) is 2.30. The van der Waals surface area contributed by atoms with Crippen LogP contribution in [-0.4, -0.2) is 34.1 Å². The van der Waals surface area contributed by atoms with Crippen LogP contribution in [0.4, 0.5) is 11.4 Å². The van der Waals surface area contributed by atoms with E-state index in [2.05, 4.69) is 4.72 Å². The molecule has 1 amide bonds. The summed E-state index contributed by atoms with van der Waals surface area (Å²) in [4.78, 5) is 14.0. The average molecular weight is 402 g/mol. The first-order valence-corrected chi connectivity index (χ1v) is 10.8. The number of hydrogen-bond acceptors (Lipinski definition) is 5. The Morgan fingerprint density at radius 3 is 2.68 bits per heavy atom. The van der Waals surface area contributed by atoms with Crippen LogP contribution in [0.15, 0.2) is 41.3 Å². The monoisotopic (exact) mass is 402 g/mol. The summed E-state index contributed by atoms with van der Waals surface area (Å²) in [6.45, 7) is 3.38. The van der Waals surface area contributed by atoms with Crippen molar-refractivity contribution in [1.29, 1.82) is 0 Å². The van der Waals surface area contributed by atoms with E-state index in [1.807, 2.05) is 13.0 Å². The number of amides is 1. The van der Waals surface area contributed by atoms with Gasteiger partial charge in [0.25, 0.3) is 10.0 Å². The average Bonchev–Trinajstić information content (AvgIpc) is 2.72. The Morgan fingerprint density at radius 2 is 1.89 bits per heavy atom. The zero-order valence-electron chi connectivity index (χ0n) is 15.6. The fraction of sp³-hybridized carbons (Fsp3) is 0.350. The molecule has 0 spiro atoms. The zero-order valence-corrected chi connectivity index (χ0v) is 16.4. The summed E-state index contributed by atoms with van der Waals surface area (Å²) >= 11 is 0. The molecule has 2 aliphatic heterocycles. The second-order valence-electron chi connectivity index (χ2n) is 6.76. The predicted octanol–water partition coefficient (Wildman–Crippen LogP) is 2.95. The van der Waals surface area contributed by atoms with Crippen LogP contribution in [0.3, 0.4) is 0 Å². The fourth-order valence-corrected chi connectivity index (χ4v) is 4.58. The van der Waals surface area contributed by atoms with Crippen molar-refractivity contribution in [2.75, 3.05) is 29.4 Å². The first-order valence-electron chi connectivity index (χ1n) is 9.34. The summed E-state index contributed by atoms with van der Waals surface area (Å²) in [5, 5.41) is 0.